The van der Waals surface area contributed by atoms with Crippen LogP contribution in [-0.4, -0.2) is 97.4 Å². The normalized spacial score (nSPS) is 22.9. The van der Waals surface area contributed by atoms with E-state index in [1.54, 1.807) is 4.90 Å². The number of likely N-dealkylation sites (tertiary alicyclic amines) is 1. The Balaban J connectivity index is 1.81. The van der Waals surface area contributed by atoms with Gasteiger partial charge in [0.2, 0.25) is 11.8 Å². The first kappa shape index (κ1) is 18.2. The Morgan fingerprint density at radius 3 is 2.09 bits per heavy atom. The molecular weight excluding hydrogens is 292 g/mol. The zero-order valence-corrected chi connectivity index (χ0v) is 15.1. The van der Waals surface area contributed by atoms with Gasteiger partial charge in [-0.2, -0.15) is 0 Å². The molecule has 2 rings (SSSR count). The Bertz CT molecular complexity index is 411. The van der Waals surface area contributed by atoms with Gasteiger partial charge in [-0.3, -0.25) is 14.5 Å². The van der Waals surface area contributed by atoms with Gasteiger partial charge in [0.15, 0.2) is 0 Å². The summed E-state index contributed by atoms with van der Waals surface area (Å²) in [5, 5.41) is 0. The molecule has 0 aliphatic carbocycles. The molecule has 2 saturated heterocycles. The molecule has 2 aliphatic heterocycles. The van der Waals surface area contributed by atoms with Gasteiger partial charge in [0.1, 0.15) is 0 Å². The van der Waals surface area contributed by atoms with Crippen LogP contribution in [0.25, 0.3) is 0 Å². The lowest BCUT2D eigenvalue weighted by Gasteiger charge is -2.40. The van der Waals surface area contributed by atoms with Crippen molar-refractivity contribution < 1.29 is 9.59 Å². The quantitative estimate of drug-likeness (QED) is 0.748. The Labute approximate surface area is 140 Å². The van der Waals surface area contributed by atoms with Gasteiger partial charge in [-0.1, -0.05) is 6.92 Å². The summed E-state index contributed by atoms with van der Waals surface area (Å²) >= 11 is 0. The predicted molar refractivity (Wildman–Crippen MR) is 91.1 cm³/mol. The van der Waals surface area contributed by atoms with E-state index in [-0.39, 0.29) is 23.8 Å². The highest BCUT2D eigenvalue weighted by molar-refractivity contribution is 5.82. The second-order valence-corrected chi connectivity index (χ2v) is 6.98. The first-order valence-corrected chi connectivity index (χ1v) is 8.90. The number of hydrogen-bond acceptors (Lipinski definition) is 4. The number of rotatable bonds is 4. The van der Waals surface area contributed by atoms with E-state index < -0.39 is 0 Å². The maximum atomic E-state index is 12.7. The monoisotopic (exact) mass is 324 g/mol. The molecule has 6 heteroatoms. The van der Waals surface area contributed by atoms with Crippen molar-refractivity contribution in [3.05, 3.63) is 0 Å². The number of amides is 2. The summed E-state index contributed by atoms with van der Waals surface area (Å²) in [7, 11) is 3.63. The fourth-order valence-electron chi connectivity index (χ4n) is 3.60. The lowest BCUT2D eigenvalue weighted by molar-refractivity contribution is -0.139. The second-order valence-electron chi connectivity index (χ2n) is 6.98. The molecule has 0 N–H and O–H groups in total. The van der Waals surface area contributed by atoms with E-state index in [4.69, 9.17) is 0 Å². The average molecular weight is 324 g/mol. The standard InChI is InChI=1S/C17H32N4O2/c1-5-19-10-12-21(13-11-19)16(22)14(2)20-8-6-15(7-9-20)17(23)18(3)4/h14-15H,5-13H2,1-4H3. The van der Waals surface area contributed by atoms with Crippen LogP contribution in [0, 0.1) is 5.92 Å². The summed E-state index contributed by atoms with van der Waals surface area (Å²) in [6, 6.07) is -0.0708. The molecule has 0 spiro atoms. The Morgan fingerprint density at radius 2 is 1.61 bits per heavy atom. The van der Waals surface area contributed by atoms with E-state index in [9.17, 15) is 9.59 Å². The third kappa shape index (κ3) is 4.44. The molecule has 23 heavy (non-hydrogen) atoms. The number of carbonyl (C=O) groups is 2. The maximum Gasteiger partial charge on any atom is 0.239 e. The number of hydrogen-bond donors (Lipinski definition) is 0. The molecule has 6 nitrogen and oxygen atoms in total. The summed E-state index contributed by atoms with van der Waals surface area (Å²) in [6.45, 7) is 10.6. The summed E-state index contributed by atoms with van der Waals surface area (Å²) in [5.74, 6) is 0.592. The number of nitrogens with zero attached hydrogens (tertiary/aromatic N) is 4. The van der Waals surface area contributed by atoms with Gasteiger partial charge in [-0.05, 0) is 39.4 Å². The van der Waals surface area contributed by atoms with Crippen LogP contribution in [0.1, 0.15) is 26.7 Å². The van der Waals surface area contributed by atoms with Gasteiger partial charge >= 0.3 is 0 Å². The van der Waals surface area contributed by atoms with Gasteiger partial charge < -0.3 is 14.7 Å². The zero-order chi connectivity index (χ0) is 17.0. The summed E-state index contributed by atoms with van der Waals surface area (Å²) < 4.78 is 0. The molecule has 2 amide bonds. The largest absolute Gasteiger partial charge is 0.349 e. The lowest BCUT2D eigenvalue weighted by atomic mass is 9.94. The van der Waals surface area contributed by atoms with Crippen molar-refractivity contribution >= 4 is 11.8 Å². The topological polar surface area (TPSA) is 47.1 Å². The Hall–Kier alpha value is -1.14. The van der Waals surface area contributed by atoms with Crippen molar-refractivity contribution in [1.82, 2.24) is 19.6 Å². The van der Waals surface area contributed by atoms with Gasteiger partial charge in [0, 0.05) is 46.2 Å². The number of piperidine rings is 1. The fourth-order valence-corrected chi connectivity index (χ4v) is 3.60. The van der Waals surface area contributed by atoms with E-state index in [0.717, 1.165) is 58.7 Å². The Kier molecular flexibility index (Phi) is 6.41. The lowest BCUT2D eigenvalue weighted by Crippen LogP contribution is -2.55. The molecule has 0 bridgehead atoms. The van der Waals surface area contributed by atoms with E-state index in [1.165, 1.54) is 0 Å². The molecule has 1 atom stereocenters. The molecule has 0 saturated carbocycles. The summed E-state index contributed by atoms with van der Waals surface area (Å²) in [6.07, 6.45) is 1.72. The highest BCUT2D eigenvalue weighted by Crippen LogP contribution is 2.21. The fraction of sp³-hybridized carbons (Fsp3) is 0.882. The maximum absolute atomic E-state index is 12.7. The molecule has 2 aliphatic rings. The minimum atomic E-state index is -0.0708. The number of likely N-dealkylation sites (N-methyl/N-ethyl adjacent to an activating group) is 1. The van der Waals surface area contributed by atoms with Gasteiger partial charge in [0.25, 0.3) is 0 Å². The van der Waals surface area contributed by atoms with E-state index in [1.807, 2.05) is 25.9 Å². The van der Waals surface area contributed by atoms with Crippen molar-refractivity contribution in [3.63, 3.8) is 0 Å². The number of piperazine rings is 1. The minimum Gasteiger partial charge on any atom is -0.349 e. The highest BCUT2D eigenvalue weighted by Gasteiger charge is 2.32. The van der Waals surface area contributed by atoms with Crippen molar-refractivity contribution in [1.29, 1.82) is 0 Å². The van der Waals surface area contributed by atoms with E-state index in [0.29, 0.717) is 0 Å². The van der Waals surface area contributed by atoms with Crippen LogP contribution < -0.4 is 0 Å². The van der Waals surface area contributed by atoms with Crippen LogP contribution in [0.5, 0.6) is 0 Å². The molecule has 0 aromatic rings. The highest BCUT2D eigenvalue weighted by atomic mass is 16.2. The van der Waals surface area contributed by atoms with E-state index in [2.05, 4.69) is 16.7 Å². The summed E-state index contributed by atoms with van der Waals surface area (Å²) in [5.41, 5.74) is 0. The molecule has 0 aromatic heterocycles. The minimum absolute atomic E-state index is 0.0708. The molecule has 2 fully saturated rings. The summed E-state index contributed by atoms with van der Waals surface area (Å²) in [4.78, 5) is 33.1. The molecule has 2 heterocycles. The number of carbonyl (C=O) groups excluding carboxylic acids is 2. The van der Waals surface area contributed by atoms with Crippen LogP contribution in [-0.2, 0) is 9.59 Å². The Morgan fingerprint density at radius 1 is 1.04 bits per heavy atom. The predicted octanol–water partition coefficient (Wildman–Crippen LogP) is 0.339. The van der Waals surface area contributed by atoms with Crippen LogP contribution in [0.4, 0.5) is 0 Å². The van der Waals surface area contributed by atoms with Gasteiger partial charge in [-0.15, -0.1) is 0 Å². The van der Waals surface area contributed by atoms with Gasteiger partial charge in [-0.25, -0.2) is 0 Å². The van der Waals surface area contributed by atoms with Crippen molar-refractivity contribution in [2.75, 3.05) is 59.9 Å². The molecule has 0 radical (unpaired) electrons. The third-order valence-electron chi connectivity index (χ3n) is 5.36. The third-order valence-corrected chi connectivity index (χ3v) is 5.36. The first-order valence-electron chi connectivity index (χ1n) is 8.90. The van der Waals surface area contributed by atoms with Crippen LogP contribution >= 0.6 is 0 Å². The average Bonchev–Trinajstić information content (AvgIpc) is 2.60. The first-order chi connectivity index (χ1) is 10.9. The van der Waals surface area contributed by atoms with Crippen molar-refractivity contribution in [2.24, 2.45) is 5.92 Å². The SMILES string of the molecule is CCN1CCN(C(=O)C(C)N2CCC(C(=O)N(C)C)CC2)CC1. The molecule has 1 unspecified atom stereocenters. The van der Waals surface area contributed by atoms with Gasteiger partial charge in [0.05, 0.1) is 6.04 Å². The zero-order valence-electron chi connectivity index (χ0n) is 15.1. The smallest absolute Gasteiger partial charge is 0.239 e. The van der Waals surface area contributed by atoms with Crippen LogP contribution in [0.15, 0.2) is 0 Å². The van der Waals surface area contributed by atoms with Crippen LogP contribution in [0.3, 0.4) is 0 Å². The van der Waals surface area contributed by atoms with Crippen LogP contribution in [0.2, 0.25) is 0 Å². The molecular formula is C17H32N4O2. The molecule has 0 aromatic carbocycles. The van der Waals surface area contributed by atoms with Crippen molar-refractivity contribution in [3.8, 4) is 0 Å². The second kappa shape index (κ2) is 8.11. The van der Waals surface area contributed by atoms with E-state index >= 15 is 0 Å². The van der Waals surface area contributed by atoms with Crippen molar-refractivity contribution in [2.45, 2.75) is 32.7 Å². The molecule has 132 valence electrons.